The second-order valence-electron chi connectivity index (χ2n) is 6.98. The molecule has 0 heterocycles. The highest BCUT2D eigenvalue weighted by molar-refractivity contribution is 5.32. The van der Waals surface area contributed by atoms with Crippen molar-refractivity contribution < 1.29 is 4.74 Å². The van der Waals surface area contributed by atoms with Crippen LogP contribution in [0.4, 0.5) is 0 Å². The minimum Gasteiger partial charge on any atom is -0.490 e. The molecule has 2 aliphatic carbocycles. The maximum atomic E-state index is 6.40. The molecule has 3 unspecified atom stereocenters. The van der Waals surface area contributed by atoms with Crippen molar-refractivity contribution in [2.75, 3.05) is 0 Å². The quantitative estimate of drug-likeness (QED) is 0.896. The molecule has 2 heteroatoms. The maximum absolute atomic E-state index is 6.40. The van der Waals surface area contributed by atoms with E-state index in [1.54, 1.807) is 0 Å². The van der Waals surface area contributed by atoms with Crippen LogP contribution >= 0.6 is 0 Å². The fourth-order valence-corrected chi connectivity index (χ4v) is 3.41. The number of nitrogens with two attached hydrogens (primary N) is 1. The molecule has 2 N–H and O–H groups in total. The zero-order valence-corrected chi connectivity index (χ0v) is 12.7. The van der Waals surface area contributed by atoms with E-state index in [0.717, 1.165) is 24.0 Å². The maximum Gasteiger partial charge on any atom is 0.120 e. The summed E-state index contributed by atoms with van der Waals surface area (Å²) in [6, 6.07) is 8.97. The molecule has 0 amide bonds. The molecule has 20 heavy (non-hydrogen) atoms. The third-order valence-corrected chi connectivity index (χ3v) is 5.00. The lowest BCUT2D eigenvalue weighted by molar-refractivity contribution is 0.232. The normalized spacial score (nSPS) is 30.5. The van der Waals surface area contributed by atoms with E-state index in [4.69, 9.17) is 10.5 Å². The molecule has 2 nitrogen and oxygen atoms in total. The number of hydrogen-bond donors (Lipinski definition) is 1. The first-order chi connectivity index (χ1) is 9.63. The van der Waals surface area contributed by atoms with E-state index in [9.17, 15) is 0 Å². The van der Waals surface area contributed by atoms with Gasteiger partial charge in [-0.3, -0.25) is 0 Å². The lowest BCUT2D eigenvalue weighted by Gasteiger charge is -2.36. The number of rotatable bonds is 4. The minimum atomic E-state index is 0.307. The van der Waals surface area contributed by atoms with Crippen LogP contribution in [0.5, 0.6) is 5.75 Å². The number of benzene rings is 1. The second-order valence-corrected chi connectivity index (χ2v) is 6.98. The van der Waals surface area contributed by atoms with E-state index in [0.29, 0.717) is 18.1 Å². The molecule has 2 aliphatic rings. The van der Waals surface area contributed by atoms with Crippen molar-refractivity contribution in [3.8, 4) is 5.75 Å². The van der Waals surface area contributed by atoms with E-state index < -0.39 is 0 Å². The van der Waals surface area contributed by atoms with E-state index in [-0.39, 0.29) is 0 Å². The van der Waals surface area contributed by atoms with Crippen molar-refractivity contribution in [1.82, 2.24) is 0 Å². The van der Waals surface area contributed by atoms with E-state index >= 15 is 0 Å². The average Bonchev–Trinajstić information content (AvgIpc) is 3.23. The van der Waals surface area contributed by atoms with E-state index in [1.807, 2.05) is 0 Å². The fraction of sp³-hybridized carbons (Fsp3) is 0.667. The molecule has 0 aliphatic heterocycles. The van der Waals surface area contributed by atoms with Gasteiger partial charge in [-0.25, -0.2) is 0 Å². The molecule has 2 fully saturated rings. The average molecular weight is 273 g/mol. The summed E-state index contributed by atoms with van der Waals surface area (Å²) in [5, 5.41) is 0. The highest BCUT2D eigenvalue weighted by Gasteiger charge is 2.31. The van der Waals surface area contributed by atoms with Crippen molar-refractivity contribution in [3.63, 3.8) is 0 Å². The Hall–Kier alpha value is -1.02. The predicted molar refractivity (Wildman–Crippen MR) is 83.0 cm³/mol. The SMILES string of the molecule is CC(C)C1CCC(N)C(c2cccc(OC3CC3)c2)C1. The van der Waals surface area contributed by atoms with Gasteiger partial charge >= 0.3 is 0 Å². The Balaban J connectivity index is 1.75. The largest absolute Gasteiger partial charge is 0.490 e. The molecular weight excluding hydrogens is 246 g/mol. The molecule has 0 saturated heterocycles. The summed E-state index contributed by atoms with van der Waals surface area (Å²) >= 11 is 0. The van der Waals surface area contributed by atoms with Gasteiger partial charge in [0.1, 0.15) is 5.75 Å². The first-order valence-electron chi connectivity index (χ1n) is 8.15. The second kappa shape index (κ2) is 5.77. The van der Waals surface area contributed by atoms with Gasteiger partial charge in [0, 0.05) is 6.04 Å². The van der Waals surface area contributed by atoms with Gasteiger partial charge < -0.3 is 10.5 Å². The van der Waals surface area contributed by atoms with Gasteiger partial charge in [-0.1, -0.05) is 26.0 Å². The Morgan fingerprint density at radius 2 is 1.95 bits per heavy atom. The Bertz CT molecular complexity index is 452. The molecule has 0 bridgehead atoms. The third-order valence-electron chi connectivity index (χ3n) is 5.00. The molecule has 1 aromatic carbocycles. The van der Waals surface area contributed by atoms with Gasteiger partial charge in [0.15, 0.2) is 0 Å². The van der Waals surface area contributed by atoms with Crippen LogP contribution in [0.3, 0.4) is 0 Å². The van der Waals surface area contributed by atoms with Crippen LogP contribution < -0.4 is 10.5 Å². The Kier molecular flexibility index (Phi) is 4.02. The molecule has 1 aromatic rings. The van der Waals surface area contributed by atoms with Gasteiger partial charge in [-0.05, 0) is 67.6 Å². The van der Waals surface area contributed by atoms with Crippen molar-refractivity contribution in [2.24, 2.45) is 17.6 Å². The molecule has 3 rings (SSSR count). The Morgan fingerprint density at radius 1 is 1.15 bits per heavy atom. The van der Waals surface area contributed by atoms with Gasteiger partial charge in [0.05, 0.1) is 6.10 Å². The summed E-state index contributed by atoms with van der Waals surface area (Å²) in [5.74, 6) is 3.10. The number of hydrogen-bond acceptors (Lipinski definition) is 2. The zero-order valence-electron chi connectivity index (χ0n) is 12.7. The van der Waals surface area contributed by atoms with Crippen molar-refractivity contribution in [2.45, 2.75) is 64.0 Å². The van der Waals surface area contributed by atoms with Crippen molar-refractivity contribution in [3.05, 3.63) is 29.8 Å². The molecule has 3 atom stereocenters. The molecular formula is C18H27NO. The van der Waals surface area contributed by atoms with Crippen LogP contribution in [0.2, 0.25) is 0 Å². The first kappa shape index (κ1) is 13.9. The standard InChI is InChI=1S/C18H27NO/c1-12(2)13-6-9-18(19)17(11-13)14-4-3-5-16(10-14)20-15-7-8-15/h3-5,10,12-13,15,17-18H,6-9,11,19H2,1-2H3. The Morgan fingerprint density at radius 3 is 2.65 bits per heavy atom. The molecule has 2 saturated carbocycles. The lowest BCUT2D eigenvalue weighted by Crippen LogP contribution is -2.35. The van der Waals surface area contributed by atoms with Crippen LogP contribution in [0.25, 0.3) is 0 Å². The lowest BCUT2D eigenvalue weighted by atomic mass is 9.71. The molecule has 110 valence electrons. The Labute approximate surface area is 122 Å². The van der Waals surface area contributed by atoms with Crippen molar-refractivity contribution >= 4 is 0 Å². The number of ether oxygens (including phenoxy) is 1. The van der Waals surface area contributed by atoms with Gasteiger partial charge in [0.2, 0.25) is 0 Å². The molecule has 0 aromatic heterocycles. The fourth-order valence-electron chi connectivity index (χ4n) is 3.41. The monoisotopic (exact) mass is 273 g/mol. The first-order valence-corrected chi connectivity index (χ1v) is 8.15. The smallest absolute Gasteiger partial charge is 0.120 e. The van der Waals surface area contributed by atoms with Gasteiger partial charge in [-0.2, -0.15) is 0 Å². The predicted octanol–water partition coefficient (Wildman–Crippen LogP) is 4.09. The summed E-state index contributed by atoms with van der Waals surface area (Å²) < 4.78 is 5.93. The summed E-state index contributed by atoms with van der Waals surface area (Å²) in [5.41, 5.74) is 7.77. The topological polar surface area (TPSA) is 35.2 Å². The highest BCUT2D eigenvalue weighted by Crippen LogP contribution is 2.39. The van der Waals surface area contributed by atoms with Gasteiger partial charge in [0.25, 0.3) is 0 Å². The van der Waals surface area contributed by atoms with E-state index in [1.165, 1.54) is 31.2 Å². The van der Waals surface area contributed by atoms with Crippen molar-refractivity contribution in [1.29, 1.82) is 0 Å². The van der Waals surface area contributed by atoms with Crippen LogP contribution in [-0.2, 0) is 0 Å². The zero-order chi connectivity index (χ0) is 14.1. The minimum absolute atomic E-state index is 0.307. The highest BCUT2D eigenvalue weighted by atomic mass is 16.5. The van der Waals surface area contributed by atoms with Crippen LogP contribution in [0, 0.1) is 11.8 Å². The van der Waals surface area contributed by atoms with Crippen LogP contribution in [-0.4, -0.2) is 12.1 Å². The third kappa shape index (κ3) is 3.17. The molecule has 0 spiro atoms. The molecule has 0 radical (unpaired) electrons. The van der Waals surface area contributed by atoms with Gasteiger partial charge in [-0.15, -0.1) is 0 Å². The summed E-state index contributed by atoms with van der Waals surface area (Å²) in [6.07, 6.45) is 6.56. The van der Waals surface area contributed by atoms with Crippen LogP contribution in [0.1, 0.15) is 57.4 Å². The van der Waals surface area contributed by atoms with Crippen LogP contribution in [0.15, 0.2) is 24.3 Å². The summed E-state index contributed by atoms with van der Waals surface area (Å²) in [4.78, 5) is 0. The summed E-state index contributed by atoms with van der Waals surface area (Å²) in [6.45, 7) is 4.68. The summed E-state index contributed by atoms with van der Waals surface area (Å²) in [7, 11) is 0. The van der Waals surface area contributed by atoms with E-state index in [2.05, 4.69) is 38.1 Å².